The number of hydrogen-bond acceptors (Lipinski definition) is 11. The van der Waals surface area contributed by atoms with Gasteiger partial charge in [-0.3, -0.25) is 10.2 Å². The lowest BCUT2D eigenvalue weighted by Gasteiger charge is -2.11. The smallest absolute Gasteiger partial charge is 0.263 e. The standard InChI is InChI=1S/C18H14F3N5O2S2.C15H14ClFN4O2S2/c19-18(20,21)15-10-14(11-4-1-2-6-13(11)24-15)29-9-8-23-30(27,28)17-12-5-3-7-22-16(12)25-26-17;16-12-4-1-5-13(17)11(12)9-24-8-7-19-25(22,23)15-10-3-2-6-18-14(10)20-21-15/h1-7,10,23H,8-9H2,(H,22,25,26);1-6,19H,7-9H2,(H,18,20,21). The number of thioether (sulfide) groups is 2. The van der Waals surface area contributed by atoms with E-state index in [2.05, 4.69) is 44.8 Å². The topological polar surface area (TPSA) is 188 Å². The van der Waals surface area contributed by atoms with Crippen LogP contribution in [0.25, 0.3) is 33.0 Å². The van der Waals surface area contributed by atoms with Crippen molar-refractivity contribution < 1.29 is 34.4 Å². The number of rotatable bonds is 13. The summed E-state index contributed by atoms with van der Waals surface area (Å²) >= 11 is 8.46. The van der Waals surface area contributed by atoms with Crippen LogP contribution >= 0.6 is 35.1 Å². The van der Waals surface area contributed by atoms with Gasteiger partial charge in [0.25, 0.3) is 20.0 Å². The molecule has 0 unspecified atom stereocenters. The van der Waals surface area contributed by atoms with Crippen molar-refractivity contribution in [1.29, 1.82) is 0 Å². The molecule has 4 N–H and O–H groups in total. The van der Waals surface area contributed by atoms with Crippen LogP contribution < -0.4 is 9.44 Å². The zero-order chi connectivity index (χ0) is 39.2. The second kappa shape index (κ2) is 17.2. The van der Waals surface area contributed by atoms with E-state index >= 15 is 0 Å². The van der Waals surface area contributed by atoms with E-state index in [0.29, 0.717) is 48.8 Å². The molecule has 0 saturated heterocycles. The molecule has 0 aliphatic carbocycles. The Balaban J connectivity index is 0.000000190. The summed E-state index contributed by atoms with van der Waals surface area (Å²) in [6, 6.07) is 18.5. The number of benzene rings is 2. The van der Waals surface area contributed by atoms with Gasteiger partial charge in [-0.25, -0.2) is 45.6 Å². The number of para-hydroxylation sites is 1. The third-order valence-corrected chi connectivity index (χ3v) is 12.9. The van der Waals surface area contributed by atoms with Gasteiger partial charge in [-0.1, -0.05) is 35.9 Å². The van der Waals surface area contributed by atoms with Crippen LogP contribution in [-0.2, 0) is 32.0 Å². The lowest BCUT2D eigenvalue weighted by molar-refractivity contribution is -0.141. The fourth-order valence-corrected chi connectivity index (χ4v) is 9.71. The number of alkyl halides is 3. The first-order valence-electron chi connectivity index (χ1n) is 15.9. The highest BCUT2D eigenvalue weighted by atomic mass is 35.5. The molecule has 5 heterocycles. The number of halogens is 5. The number of pyridine rings is 3. The molecule has 0 bridgehead atoms. The van der Waals surface area contributed by atoms with Gasteiger partial charge in [-0.05, 0) is 48.5 Å². The van der Waals surface area contributed by atoms with Crippen molar-refractivity contribution in [1.82, 2.24) is 44.8 Å². The van der Waals surface area contributed by atoms with Crippen LogP contribution in [0.4, 0.5) is 17.6 Å². The van der Waals surface area contributed by atoms with Crippen molar-refractivity contribution in [2.75, 3.05) is 24.6 Å². The number of hydrogen-bond donors (Lipinski definition) is 4. The van der Waals surface area contributed by atoms with E-state index < -0.39 is 31.9 Å². The molecule has 13 nitrogen and oxygen atoms in total. The number of H-pyrrole nitrogens is 2. The van der Waals surface area contributed by atoms with E-state index in [1.807, 2.05) is 0 Å². The number of aromatic nitrogens is 7. The third-order valence-electron chi connectivity index (χ3n) is 7.59. The highest BCUT2D eigenvalue weighted by Gasteiger charge is 2.33. The third kappa shape index (κ3) is 9.72. The van der Waals surface area contributed by atoms with Gasteiger partial charge in [0.1, 0.15) is 11.5 Å². The van der Waals surface area contributed by atoms with Crippen LogP contribution in [0.3, 0.4) is 0 Å². The quantitative estimate of drug-likeness (QED) is 0.0559. The normalized spacial score (nSPS) is 12.3. The zero-order valence-corrected chi connectivity index (χ0v) is 32.0. The Hall–Kier alpha value is -4.38. The predicted octanol–water partition coefficient (Wildman–Crippen LogP) is 6.56. The first-order chi connectivity index (χ1) is 26.2. The van der Waals surface area contributed by atoms with Gasteiger partial charge >= 0.3 is 6.18 Å². The Kier molecular flexibility index (Phi) is 12.6. The highest BCUT2D eigenvalue weighted by Crippen LogP contribution is 2.35. The van der Waals surface area contributed by atoms with Crippen LogP contribution in [0.2, 0.25) is 5.02 Å². The van der Waals surface area contributed by atoms with Gasteiger partial charge < -0.3 is 0 Å². The summed E-state index contributed by atoms with van der Waals surface area (Å²) in [5.41, 5.74) is 0.275. The second-order valence-electron chi connectivity index (χ2n) is 11.3. The van der Waals surface area contributed by atoms with Crippen LogP contribution in [0, 0.1) is 5.82 Å². The maximum Gasteiger partial charge on any atom is 0.433 e. The molecular formula is C33H28ClF4N9O4S4. The molecule has 0 aliphatic heterocycles. The summed E-state index contributed by atoms with van der Waals surface area (Å²) in [6.45, 7) is 0.200. The molecule has 5 aromatic heterocycles. The van der Waals surface area contributed by atoms with Crippen molar-refractivity contribution in [3.05, 3.63) is 107 Å². The van der Waals surface area contributed by atoms with E-state index in [1.54, 1.807) is 54.6 Å². The summed E-state index contributed by atoms with van der Waals surface area (Å²) in [6.07, 6.45) is -1.54. The number of aromatic amines is 2. The maximum absolute atomic E-state index is 13.7. The Morgan fingerprint density at radius 2 is 1.33 bits per heavy atom. The molecule has 0 fully saturated rings. The molecule has 22 heteroatoms. The molecule has 7 aromatic rings. The van der Waals surface area contributed by atoms with E-state index in [0.717, 1.165) is 17.8 Å². The molecule has 0 radical (unpaired) electrons. The largest absolute Gasteiger partial charge is 0.433 e. The predicted molar refractivity (Wildman–Crippen MR) is 203 cm³/mol. The Morgan fingerprint density at radius 1 is 0.745 bits per heavy atom. The monoisotopic (exact) mass is 853 g/mol. The van der Waals surface area contributed by atoms with Crippen molar-refractivity contribution in [3.63, 3.8) is 0 Å². The summed E-state index contributed by atoms with van der Waals surface area (Å²) in [5.74, 6) is 0.685. The summed E-state index contributed by atoms with van der Waals surface area (Å²) in [7, 11) is -7.61. The minimum absolute atomic E-state index is 0.00573. The van der Waals surface area contributed by atoms with Crippen LogP contribution in [0.5, 0.6) is 0 Å². The van der Waals surface area contributed by atoms with Crippen LogP contribution in [-0.4, -0.2) is 76.8 Å². The van der Waals surface area contributed by atoms with Crippen molar-refractivity contribution in [3.8, 4) is 0 Å². The van der Waals surface area contributed by atoms with E-state index in [9.17, 15) is 34.4 Å². The van der Waals surface area contributed by atoms with Crippen LogP contribution in [0.15, 0.2) is 100 Å². The van der Waals surface area contributed by atoms with Gasteiger partial charge in [0.15, 0.2) is 21.3 Å². The van der Waals surface area contributed by atoms with Gasteiger partial charge in [-0.2, -0.15) is 35.1 Å². The number of sulfonamides is 2. The summed E-state index contributed by atoms with van der Waals surface area (Å²) in [5, 5.41) is 14.3. The highest BCUT2D eigenvalue weighted by molar-refractivity contribution is 7.99. The molecule has 0 aliphatic rings. The lowest BCUT2D eigenvalue weighted by Crippen LogP contribution is -2.26. The zero-order valence-electron chi connectivity index (χ0n) is 28.0. The van der Waals surface area contributed by atoms with Gasteiger partial charge in [0.2, 0.25) is 0 Å². The van der Waals surface area contributed by atoms with Crippen molar-refractivity contribution >= 4 is 88.1 Å². The molecular weight excluding hydrogens is 826 g/mol. The summed E-state index contributed by atoms with van der Waals surface area (Å²) in [4.78, 5) is 12.0. The summed E-state index contributed by atoms with van der Waals surface area (Å²) < 4.78 is 108. The van der Waals surface area contributed by atoms with Crippen LogP contribution in [0.1, 0.15) is 11.3 Å². The average molecular weight is 854 g/mol. The molecule has 0 spiro atoms. The minimum atomic E-state index is -4.57. The maximum atomic E-state index is 13.7. The second-order valence-corrected chi connectivity index (χ2v) is 17.3. The lowest BCUT2D eigenvalue weighted by atomic mass is 10.2. The molecule has 7 rings (SSSR count). The Bertz CT molecular complexity index is 2660. The van der Waals surface area contributed by atoms with Gasteiger partial charge in [-0.15, -0.1) is 11.8 Å². The van der Waals surface area contributed by atoms with E-state index in [4.69, 9.17) is 11.6 Å². The number of nitrogens with one attached hydrogen (secondary N) is 4. The van der Waals surface area contributed by atoms with E-state index in [-0.39, 0.29) is 45.9 Å². The van der Waals surface area contributed by atoms with Gasteiger partial charge in [0.05, 0.1) is 16.3 Å². The SMILES string of the molecule is O=S(=O)(NCCSCc1c(F)cccc1Cl)c1[nH]nc2ncccc12.O=S(=O)(NCCSc1cc(C(F)(F)F)nc2ccccc12)c1[nH]nc2ncccc12. The minimum Gasteiger partial charge on any atom is -0.263 e. The van der Waals surface area contributed by atoms with Crippen molar-refractivity contribution in [2.24, 2.45) is 0 Å². The molecule has 288 valence electrons. The fraction of sp³-hybridized carbons (Fsp3) is 0.182. The molecule has 0 amide bonds. The van der Waals surface area contributed by atoms with Crippen molar-refractivity contribution in [2.45, 2.75) is 26.9 Å². The first-order valence-corrected chi connectivity index (χ1v) is 21.4. The Morgan fingerprint density at radius 3 is 1.93 bits per heavy atom. The molecule has 0 atom stereocenters. The number of nitrogens with zero attached hydrogens (tertiary/aromatic N) is 5. The number of fused-ring (bicyclic) bond motifs is 3. The first kappa shape index (κ1) is 40.3. The van der Waals surface area contributed by atoms with Gasteiger partial charge in [0, 0.05) is 63.6 Å². The Labute approximate surface area is 324 Å². The molecule has 0 saturated carbocycles. The fourth-order valence-electron chi connectivity index (χ4n) is 5.05. The van der Waals surface area contributed by atoms with E-state index in [1.165, 1.54) is 36.3 Å². The molecule has 2 aromatic carbocycles. The average Bonchev–Trinajstić information content (AvgIpc) is 3.80. The molecule has 55 heavy (non-hydrogen) atoms.